The normalized spacial score (nSPS) is 11.6. The van der Waals surface area contributed by atoms with Crippen LogP contribution in [-0.2, 0) is 4.79 Å². The molecule has 0 radical (unpaired) electrons. The quantitative estimate of drug-likeness (QED) is 0.847. The second kappa shape index (κ2) is 7.38. The molecule has 2 aromatic rings. The SMILES string of the molecule is COc1ccc(Cl)cc1NC(=O)[C@@H](C)Nc1ccc(Cl)cc1. The summed E-state index contributed by atoms with van der Waals surface area (Å²) in [4.78, 5) is 12.3. The lowest BCUT2D eigenvalue weighted by atomic mass is 10.2. The highest BCUT2D eigenvalue weighted by Crippen LogP contribution is 2.27. The average molecular weight is 339 g/mol. The van der Waals surface area contributed by atoms with Crippen molar-refractivity contribution < 1.29 is 9.53 Å². The highest BCUT2D eigenvalue weighted by molar-refractivity contribution is 6.31. The van der Waals surface area contributed by atoms with E-state index in [1.165, 1.54) is 7.11 Å². The van der Waals surface area contributed by atoms with Crippen LogP contribution in [-0.4, -0.2) is 19.1 Å². The molecule has 2 rings (SSSR count). The summed E-state index contributed by atoms with van der Waals surface area (Å²) < 4.78 is 5.20. The molecule has 0 bridgehead atoms. The Morgan fingerprint density at radius 3 is 2.36 bits per heavy atom. The number of hydrogen-bond donors (Lipinski definition) is 2. The number of nitrogens with one attached hydrogen (secondary N) is 2. The maximum atomic E-state index is 12.3. The number of hydrogen-bond acceptors (Lipinski definition) is 3. The Hall–Kier alpha value is -1.91. The van der Waals surface area contributed by atoms with Gasteiger partial charge in [-0.15, -0.1) is 0 Å². The first-order valence-corrected chi connectivity index (χ1v) is 7.41. The van der Waals surface area contributed by atoms with E-state index in [9.17, 15) is 4.79 Å². The molecule has 1 atom stereocenters. The molecule has 0 aromatic heterocycles. The molecule has 2 aromatic carbocycles. The topological polar surface area (TPSA) is 50.4 Å². The lowest BCUT2D eigenvalue weighted by molar-refractivity contribution is -0.116. The summed E-state index contributed by atoms with van der Waals surface area (Å²) in [6.45, 7) is 1.76. The molecule has 0 fully saturated rings. The lowest BCUT2D eigenvalue weighted by Gasteiger charge is -2.17. The fourth-order valence-corrected chi connectivity index (χ4v) is 2.18. The zero-order chi connectivity index (χ0) is 16.1. The van der Waals surface area contributed by atoms with Crippen LogP contribution < -0.4 is 15.4 Å². The molecule has 0 spiro atoms. The Morgan fingerprint density at radius 2 is 1.73 bits per heavy atom. The molecule has 4 nitrogen and oxygen atoms in total. The number of methoxy groups -OCH3 is 1. The van der Waals surface area contributed by atoms with Crippen molar-refractivity contribution in [3.8, 4) is 5.75 Å². The van der Waals surface area contributed by atoms with Gasteiger partial charge in [-0.3, -0.25) is 4.79 Å². The van der Waals surface area contributed by atoms with Gasteiger partial charge in [0.25, 0.3) is 0 Å². The molecule has 0 aliphatic carbocycles. The second-order valence-electron chi connectivity index (χ2n) is 4.71. The smallest absolute Gasteiger partial charge is 0.246 e. The molecule has 6 heteroatoms. The molecule has 0 aliphatic rings. The number of benzene rings is 2. The summed E-state index contributed by atoms with van der Waals surface area (Å²) in [6.07, 6.45) is 0. The van der Waals surface area contributed by atoms with E-state index in [4.69, 9.17) is 27.9 Å². The van der Waals surface area contributed by atoms with Crippen molar-refractivity contribution >= 4 is 40.5 Å². The number of carbonyl (C=O) groups excluding carboxylic acids is 1. The van der Waals surface area contributed by atoms with Gasteiger partial charge in [-0.2, -0.15) is 0 Å². The van der Waals surface area contributed by atoms with Crippen molar-refractivity contribution in [2.24, 2.45) is 0 Å². The predicted octanol–water partition coefficient (Wildman–Crippen LogP) is 4.44. The molecule has 1 amide bonds. The van der Waals surface area contributed by atoms with Crippen molar-refractivity contribution in [3.63, 3.8) is 0 Å². The third-order valence-electron chi connectivity index (χ3n) is 3.04. The summed E-state index contributed by atoms with van der Waals surface area (Å²) in [5, 5.41) is 7.06. The summed E-state index contributed by atoms with van der Waals surface area (Å²) in [7, 11) is 1.54. The first-order valence-electron chi connectivity index (χ1n) is 6.66. The van der Waals surface area contributed by atoms with Gasteiger partial charge in [0, 0.05) is 15.7 Å². The number of carbonyl (C=O) groups is 1. The van der Waals surface area contributed by atoms with Crippen LogP contribution in [0, 0.1) is 0 Å². The van der Waals surface area contributed by atoms with E-state index in [1.807, 2.05) is 12.1 Å². The van der Waals surface area contributed by atoms with Crippen molar-refractivity contribution in [3.05, 3.63) is 52.5 Å². The number of anilines is 2. The largest absolute Gasteiger partial charge is 0.495 e. The van der Waals surface area contributed by atoms with Gasteiger partial charge in [-0.05, 0) is 49.4 Å². The Bertz CT molecular complexity index is 660. The molecule has 0 unspecified atom stereocenters. The summed E-state index contributed by atoms with van der Waals surface area (Å²) >= 11 is 11.8. The highest BCUT2D eigenvalue weighted by Gasteiger charge is 2.15. The maximum absolute atomic E-state index is 12.3. The average Bonchev–Trinajstić information content (AvgIpc) is 2.49. The van der Waals surface area contributed by atoms with Crippen molar-refractivity contribution in [2.75, 3.05) is 17.7 Å². The zero-order valence-corrected chi connectivity index (χ0v) is 13.7. The summed E-state index contributed by atoms with van der Waals surface area (Å²) in [6, 6.07) is 11.7. The van der Waals surface area contributed by atoms with Crippen LogP contribution in [0.5, 0.6) is 5.75 Å². The molecule has 22 heavy (non-hydrogen) atoms. The summed E-state index contributed by atoms with van der Waals surface area (Å²) in [5.74, 6) is 0.354. The number of rotatable bonds is 5. The number of halogens is 2. The summed E-state index contributed by atoms with van der Waals surface area (Å²) in [5.41, 5.74) is 1.34. The standard InChI is InChI=1S/C16H16Cl2N2O2/c1-10(19-13-6-3-11(17)4-7-13)16(21)20-14-9-12(18)5-8-15(14)22-2/h3-10,19H,1-2H3,(H,20,21)/t10-/m1/s1. The van der Waals surface area contributed by atoms with Crippen LogP contribution in [0.3, 0.4) is 0 Å². The van der Waals surface area contributed by atoms with Gasteiger partial charge in [0.2, 0.25) is 5.91 Å². The molecule has 0 saturated heterocycles. The van der Waals surface area contributed by atoms with Gasteiger partial charge < -0.3 is 15.4 Å². The van der Waals surface area contributed by atoms with Gasteiger partial charge >= 0.3 is 0 Å². The molecular weight excluding hydrogens is 323 g/mol. The second-order valence-corrected chi connectivity index (χ2v) is 5.58. The van der Waals surface area contributed by atoms with Crippen LogP contribution in [0.15, 0.2) is 42.5 Å². The monoisotopic (exact) mass is 338 g/mol. The Balaban J connectivity index is 2.05. The minimum atomic E-state index is -0.440. The van der Waals surface area contributed by atoms with Crippen molar-refractivity contribution in [2.45, 2.75) is 13.0 Å². The van der Waals surface area contributed by atoms with Gasteiger partial charge in [0.05, 0.1) is 12.8 Å². The first kappa shape index (κ1) is 16.5. The van der Waals surface area contributed by atoms with Crippen LogP contribution in [0.1, 0.15) is 6.92 Å². The van der Waals surface area contributed by atoms with Gasteiger partial charge in [0.1, 0.15) is 11.8 Å². The van der Waals surface area contributed by atoms with Crippen molar-refractivity contribution in [1.29, 1.82) is 0 Å². The highest BCUT2D eigenvalue weighted by atomic mass is 35.5. The van der Waals surface area contributed by atoms with E-state index in [-0.39, 0.29) is 5.91 Å². The van der Waals surface area contributed by atoms with E-state index in [2.05, 4.69) is 10.6 Å². The zero-order valence-electron chi connectivity index (χ0n) is 12.2. The van der Waals surface area contributed by atoms with E-state index >= 15 is 0 Å². The third kappa shape index (κ3) is 4.29. The predicted molar refractivity (Wildman–Crippen MR) is 91.2 cm³/mol. The van der Waals surface area contributed by atoms with E-state index in [1.54, 1.807) is 37.3 Å². The van der Waals surface area contributed by atoms with Gasteiger partial charge in [0.15, 0.2) is 0 Å². The van der Waals surface area contributed by atoms with Crippen molar-refractivity contribution in [1.82, 2.24) is 0 Å². The maximum Gasteiger partial charge on any atom is 0.246 e. The molecule has 0 aliphatic heterocycles. The first-order chi connectivity index (χ1) is 10.5. The van der Waals surface area contributed by atoms with Crippen LogP contribution >= 0.6 is 23.2 Å². The van der Waals surface area contributed by atoms with Gasteiger partial charge in [-0.25, -0.2) is 0 Å². The minimum absolute atomic E-state index is 0.199. The third-order valence-corrected chi connectivity index (χ3v) is 3.53. The van der Waals surface area contributed by atoms with E-state index < -0.39 is 6.04 Å². The molecular formula is C16H16Cl2N2O2. The lowest BCUT2D eigenvalue weighted by Crippen LogP contribution is -2.31. The Labute approximate surface area is 139 Å². The Kier molecular flexibility index (Phi) is 5.52. The van der Waals surface area contributed by atoms with Crippen LogP contribution in [0.4, 0.5) is 11.4 Å². The minimum Gasteiger partial charge on any atom is -0.495 e. The number of amides is 1. The van der Waals surface area contributed by atoms with Gasteiger partial charge in [-0.1, -0.05) is 23.2 Å². The molecule has 0 saturated carbocycles. The van der Waals surface area contributed by atoms with E-state index in [0.29, 0.717) is 21.5 Å². The van der Waals surface area contributed by atoms with E-state index in [0.717, 1.165) is 5.69 Å². The molecule has 0 heterocycles. The molecule has 2 N–H and O–H groups in total. The van der Waals surface area contributed by atoms with Crippen LogP contribution in [0.25, 0.3) is 0 Å². The molecule has 116 valence electrons. The number of ether oxygens (including phenoxy) is 1. The fraction of sp³-hybridized carbons (Fsp3) is 0.188. The Morgan fingerprint density at radius 1 is 1.09 bits per heavy atom. The fourth-order valence-electron chi connectivity index (χ4n) is 1.88. The van der Waals surface area contributed by atoms with Crippen LogP contribution in [0.2, 0.25) is 10.0 Å².